The summed E-state index contributed by atoms with van der Waals surface area (Å²) in [5, 5.41) is 0. The van der Waals surface area contributed by atoms with Crippen molar-refractivity contribution in [2.75, 3.05) is 14.8 Å². The van der Waals surface area contributed by atoms with Gasteiger partial charge in [0.2, 0.25) is 15.9 Å². The fraction of sp³-hybridized carbons (Fsp3) is 0.263. The van der Waals surface area contributed by atoms with Gasteiger partial charge in [0.25, 0.3) is 15.9 Å². The molecule has 160 valence electrons. The Morgan fingerprint density at radius 1 is 1.17 bits per heavy atom. The van der Waals surface area contributed by atoms with E-state index >= 15 is 0 Å². The third kappa shape index (κ3) is 3.77. The largest absolute Gasteiger partial charge is 0.366 e. The van der Waals surface area contributed by atoms with E-state index in [9.17, 15) is 26.4 Å². The van der Waals surface area contributed by atoms with Gasteiger partial charge in [0.15, 0.2) is 0 Å². The molecule has 0 aromatic heterocycles. The number of carbonyl (C=O) groups is 2. The standard InChI is InChI=1S/C19H21N3O6S2/c1-12-10-13(22-18(24)19(2,3)11-29(22,25)26)8-9-16(12)30(27,28)21-15-7-5-4-6-14(15)17(20)23/h4-10,21H,11H2,1-3H3,(H2,20,23). The van der Waals surface area contributed by atoms with E-state index in [4.69, 9.17) is 5.73 Å². The first-order valence-corrected chi connectivity index (χ1v) is 12.0. The molecular weight excluding hydrogens is 430 g/mol. The number of amides is 2. The summed E-state index contributed by atoms with van der Waals surface area (Å²) in [5.74, 6) is -1.70. The van der Waals surface area contributed by atoms with E-state index < -0.39 is 37.3 Å². The van der Waals surface area contributed by atoms with Crippen molar-refractivity contribution in [2.24, 2.45) is 11.1 Å². The molecule has 3 rings (SSSR count). The number of nitrogens with zero attached hydrogens (tertiary/aromatic N) is 1. The van der Waals surface area contributed by atoms with Gasteiger partial charge in [-0.05, 0) is 56.7 Å². The molecule has 0 saturated carbocycles. The predicted molar refractivity (Wildman–Crippen MR) is 112 cm³/mol. The maximum Gasteiger partial charge on any atom is 0.262 e. The van der Waals surface area contributed by atoms with E-state index in [2.05, 4.69) is 4.72 Å². The molecule has 0 radical (unpaired) electrons. The van der Waals surface area contributed by atoms with E-state index in [1.54, 1.807) is 26.0 Å². The molecule has 1 saturated heterocycles. The van der Waals surface area contributed by atoms with Crippen molar-refractivity contribution in [3.05, 3.63) is 53.6 Å². The monoisotopic (exact) mass is 451 g/mol. The number of hydrogen-bond acceptors (Lipinski definition) is 6. The summed E-state index contributed by atoms with van der Waals surface area (Å²) in [6.07, 6.45) is 0. The highest BCUT2D eigenvalue weighted by Gasteiger charge is 2.50. The Balaban J connectivity index is 2.00. The number of rotatable bonds is 5. The third-order valence-electron chi connectivity index (χ3n) is 4.70. The molecular formula is C19H21N3O6S2. The zero-order valence-corrected chi connectivity index (χ0v) is 18.2. The van der Waals surface area contributed by atoms with Crippen LogP contribution in [0.25, 0.3) is 0 Å². The Kier molecular flexibility index (Phi) is 5.15. The molecule has 0 atom stereocenters. The highest BCUT2D eigenvalue weighted by Crippen LogP contribution is 2.37. The first-order valence-electron chi connectivity index (χ1n) is 8.86. The van der Waals surface area contributed by atoms with Gasteiger partial charge in [-0.2, -0.15) is 0 Å². The molecule has 0 spiro atoms. The lowest BCUT2D eigenvalue weighted by atomic mass is 9.95. The van der Waals surface area contributed by atoms with E-state index in [0.29, 0.717) is 4.31 Å². The molecule has 1 fully saturated rings. The maximum atomic E-state index is 12.9. The van der Waals surface area contributed by atoms with E-state index in [0.717, 1.165) is 0 Å². The Morgan fingerprint density at radius 3 is 2.33 bits per heavy atom. The summed E-state index contributed by atoms with van der Waals surface area (Å²) in [6, 6.07) is 9.69. The van der Waals surface area contributed by atoms with Crippen LogP contribution in [0.5, 0.6) is 0 Å². The lowest BCUT2D eigenvalue weighted by Crippen LogP contribution is -2.33. The van der Waals surface area contributed by atoms with Crippen LogP contribution in [-0.4, -0.2) is 34.4 Å². The lowest BCUT2D eigenvalue weighted by molar-refractivity contribution is -0.123. The predicted octanol–water partition coefficient (Wildman–Crippen LogP) is 1.60. The first-order chi connectivity index (χ1) is 13.8. The number of nitrogens with two attached hydrogens (primary N) is 1. The molecule has 2 aromatic carbocycles. The van der Waals surface area contributed by atoms with Gasteiger partial charge in [0.1, 0.15) is 0 Å². The molecule has 3 N–H and O–H groups in total. The van der Waals surface area contributed by atoms with Crippen molar-refractivity contribution < 1.29 is 26.4 Å². The van der Waals surface area contributed by atoms with Gasteiger partial charge in [-0.25, -0.2) is 21.1 Å². The number of nitrogens with one attached hydrogen (secondary N) is 1. The van der Waals surface area contributed by atoms with Crippen molar-refractivity contribution >= 4 is 43.2 Å². The minimum Gasteiger partial charge on any atom is -0.366 e. The third-order valence-corrected chi connectivity index (χ3v) is 8.25. The van der Waals surface area contributed by atoms with E-state index in [1.165, 1.54) is 37.3 Å². The minimum atomic E-state index is -4.12. The van der Waals surface area contributed by atoms with Crippen LogP contribution in [-0.2, 0) is 24.8 Å². The molecule has 0 unspecified atom stereocenters. The summed E-state index contributed by atoms with van der Waals surface area (Å²) in [7, 11) is -7.97. The van der Waals surface area contributed by atoms with Crippen molar-refractivity contribution in [3.8, 4) is 0 Å². The molecule has 11 heteroatoms. The second-order valence-electron chi connectivity index (χ2n) is 7.67. The smallest absolute Gasteiger partial charge is 0.262 e. The normalized spacial score (nSPS) is 17.7. The average molecular weight is 452 g/mol. The second kappa shape index (κ2) is 7.10. The van der Waals surface area contributed by atoms with Gasteiger partial charge in [0, 0.05) is 0 Å². The van der Waals surface area contributed by atoms with Crippen LogP contribution in [0.3, 0.4) is 0 Å². The topological polar surface area (TPSA) is 144 Å². The van der Waals surface area contributed by atoms with E-state index in [1.807, 2.05) is 0 Å². The second-order valence-corrected chi connectivity index (χ2v) is 11.1. The Morgan fingerprint density at radius 2 is 1.80 bits per heavy atom. The van der Waals surface area contributed by atoms with Crippen molar-refractivity contribution in [1.82, 2.24) is 0 Å². The highest BCUT2D eigenvalue weighted by molar-refractivity contribution is 7.94. The van der Waals surface area contributed by atoms with Crippen LogP contribution in [0.4, 0.5) is 11.4 Å². The zero-order valence-electron chi connectivity index (χ0n) is 16.5. The highest BCUT2D eigenvalue weighted by atomic mass is 32.2. The summed E-state index contributed by atoms with van der Waals surface area (Å²) in [4.78, 5) is 24.0. The van der Waals surface area contributed by atoms with Crippen LogP contribution >= 0.6 is 0 Å². The molecule has 30 heavy (non-hydrogen) atoms. The summed E-state index contributed by atoms with van der Waals surface area (Å²) in [6.45, 7) is 4.56. The number of aryl methyl sites for hydroxylation is 1. The van der Waals surface area contributed by atoms with E-state index in [-0.39, 0.29) is 33.2 Å². The van der Waals surface area contributed by atoms with Crippen molar-refractivity contribution in [3.63, 3.8) is 0 Å². The Bertz CT molecular complexity index is 1270. The van der Waals surface area contributed by atoms with Crippen LogP contribution in [0.15, 0.2) is 47.4 Å². The number of hydrogen-bond donors (Lipinski definition) is 2. The number of primary amides is 1. The number of anilines is 2. The summed E-state index contributed by atoms with van der Waals surface area (Å²) < 4.78 is 53.7. The quantitative estimate of drug-likeness (QED) is 0.706. The van der Waals surface area contributed by atoms with Gasteiger partial charge in [-0.3, -0.25) is 14.3 Å². The van der Waals surface area contributed by atoms with Gasteiger partial charge < -0.3 is 5.73 Å². The first kappa shape index (κ1) is 21.8. The van der Waals surface area contributed by atoms with Crippen molar-refractivity contribution in [2.45, 2.75) is 25.7 Å². The molecule has 2 aromatic rings. The van der Waals surface area contributed by atoms with Crippen molar-refractivity contribution in [1.29, 1.82) is 0 Å². The minimum absolute atomic E-state index is 0.00587. The molecule has 0 aliphatic carbocycles. The summed E-state index contributed by atoms with van der Waals surface area (Å²) >= 11 is 0. The Labute approximate surface area is 175 Å². The van der Waals surface area contributed by atoms with Gasteiger partial charge >= 0.3 is 0 Å². The molecule has 1 aliphatic rings. The molecule has 9 nitrogen and oxygen atoms in total. The lowest BCUT2D eigenvalue weighted by Gasteiger charge is -2.19. The fourth-order valence-corrected chi connectivity index (χ4v) is 6.72. The Hall–Kier alpha value is -2.92. The number of para-hydroxylation sites is 1. The molecule has 0 bridgehead atoms. The zero-order chi connectivity index (χ0) is 22.5. The van der Waals surface area contributed by atoms with Crippen LogP contribution in [0.2, 0.25) is 0 Å². The van der Waals surface area contributed by atoms with Gasteiger partial charge in [-0.15, -0.1) is 0 Å². The van der Waals surface area contributed by atoms with Crippen LogP contribution < -0.4 is 14.8 Å². The summed E-state index contributed by atoms with van der Waals surface area (Å²) in [5.41, 5.74) is 4.53. The van der Waals surface area contributed by atoms with Gasteiger partial charge in [0.05, 0.1) is 33.0 Å². The maximum absolute atomic E-state index is 12.9. The fourth-order valence-electron chi connectivity index (χ4n) is 3.31. The number of carbonyl (C=O) groups excluding carboxylic acids is 2. The molecule has 1 heterocycles. The van der Waals surface area contributed by atoms with Gasteiger partial charge in [-0.1, -0.05) is 12.1 Å². The molecule has 1 aliphatic heterocycles. The SMILES string of the molecule is Cc1cc(N2C(=O)C(C)(C)CS2(=O)=O)ccc1S(=O)(=O)Nc1ccccc1C(N)=O. The molecule has 2 amide bonds. The van der Waals surface area contributed by atoms with Crippen LogP contribution in [0.1, 0.15) is 29.8 Å². The number of sulfonamides is 2. The van der Waals surface area contributed by atoms with Crippen LogP contribution in [0, 0.1) is 12.3 Å². The average Bonchev–Trinajstić information content (AvgIpc) is 2.77. The number of benzene rings is 2.